The number of rotatable bonds is 8. The van der Waals surface area contributed by atoms with Crippen LogP contribution in [-0.2, 0) is 34.6 Å². The lowest BCUT2D eigenvalue weighted by atomic mass is 9.86. The van der Waals surface area contributed by atoms with E-state index in [0.29, 0.717) is 51.3 Å². The molecule has 4 aromatic carbocycles. The van der Waals surface area contributed by atoms with Gasteiger partial charge in [0.05, 0.1) is 22.3 Å². The minimum Gasteiger partial charge on any atom is -0.437 e. The number of aromatic nitrogens is 8. The third-order valence-corrected chi connectivity index (χ3v) is 19.6. The molecule has 0 N–H and O–H groups in total. The molecule has 16 aromatic rings. The Balaban J connectivity index is 0.000000127. The van der Waals surface area contributed by atoms with Crippen LogP contribution in [0.5, 0.6) is 0 Å². The number of hydrogen-bond acceptors (Lipinski definition) is 8. The molecule has 0 amide bonds. The Hall–Kier alpha value is -10.7. The molecule has 17 rings (SSSR count). The normalized spacial score (nSPS) is 16.3. The Labute approximate surface area is 612 Å². The van der Waals surface area contributed by atoms with Crippen LogP contribution >= 0.6 is 0 Å². The number of nitrogens with zero attached hydrogens (tertiary/aromatic N) is 8. The van der Waals surface area contributed by atoms with Gasteiger partial charge < -0.3 is 17.7 Å². The average Bonchev–Trinajstić information content (AvgIpc) is 0.869. The van der Waals surface area contributed by atoms with E-state index in [1.807, 2.05) is 69.6 Å². The van der Waals surface area contributed by atoms with Crippen molar-refractivity contribution in [2.45, 2.75) is 146 Å². The van der Waals surface area contributed by atoms with Crippen LogP contribution < -0.4 is 18.3 Å². The first-order valence-electron chi connectivity index (χ1n) is 40.0. The highest BCUT2D eigenvalue weighted by molar-refractivity contribution is 6.12. The summed E-state index contributed by atoms with van der Waals surface area (Å²) in [4.78, 5) is 18.4. The van der Waals surface area contributed by atoms with E-state index < -0.39 is 37.3 Å². The van der Waals surface area contributed by atoms with Crippen molar-refractivity contribution in [2.24, 2.45) is 28.2 Å². The van der Waals surface area contributed by atoms with Crippen LogP contribution in [0.4, 0.5) is 0 Å². The predicted molar refractivity (Wildman–Crippen MR) is 414 cm³/mol. The molecule has 1 atom stereocenters. The quantitative estimate of drug-likeness (QED) is 0.138. The number of hydrogen-bond donors (Lipinski definition) is 0. The molecule has 0 radical (unpaired) electrons. The molecular weight excluding hydrogens is 1260 g/mol. The van der Waals surface area contributed by atoms with E-state index in [2.05, 4.69) is 213 Å². The third-order valence-electron chi connectivity index (χ3n) is 19.6. The maximum absolute atomic E-state index is 9.03. The zero-order valence-electron chi connectivity index (χ0n) is 71.2. The van der Waals surface area contributed by atoms with E-state index in [1.54, 1.807) is 24.4 Å². The van der Waals surface area contributed by atoms with Crippen LogP contribution in [0.25, 0.3) is 133 Å². The monoisotopic (exact) mass is 1360 g/mol. The molecule has 0 saturated heterocycles. The predicted octanol–water partition coefficient (Wildman–Crippen LogP) is 21.2. The maximum Gasteiger partial charge on any atom is 0.227 e. The molecule has 0 aliphatic heterocycles. The van der Waals surface area contributed by atoms with E-state index in [0.717, 1.165) is 123 Å². The summed E-state index contributed by atoms with van der Waals surface area (Å²) in [7, 11) is 8.04. The molecule has 12 nitrogen and oxygen atoms in total. The summed E-state index contributed by atoms with van der Waals surface area (Å²) in [6, 6.07) is 48.3. The Kier molecular flexibility index (Phi) is 15.6. The highest BCUT2D eigenvalue weighted by Crippen LogP contribution is 2.42. The van der Waals surface area contributed by atoms with Crippen molar-refractivity contribution in [3.8, 4) is 45.0 Å². The van der Waals surface area contributed by atoms with Gasteiger partial charge in [0.15, 0.2) is 47.1 Å². The molecular formula is C90H94N8O4+4. The maximum atomic E-state index is 9.03. The second-order valence-corrected chi connectivity index (χ2v) is 27.6. The van der Waals surface area contributed by atoms with Crippen LogP contribution in [0.2, 0.25) is 0 Å². The fourth-order valence-corrected chi connectivity index (χ4v) is 14.1. The van der Waals surface area contributed by atoms with E-state index in [4.69, 9.17) is 31.4 Å². The minimum atomic E-state index is -2.54. The van der Waals surface area contributed by atoms with Gasteiger partial charge in [0.1, 0.15) is 28.2 Å². The second kappa shape index (κ2) is 28.0. The molecule has 102 heavy (non-hydrogen) atoms. The summed E-state index contributed by atoms with van der Waals surface area (Å²) >= 11 is 0. The fourth-order valence-electron chi connectivity index (χ4n) is 14.1. The summed E-state index contributed by atoms with van der Waals surface area (Å²) in [5.74, 6) is -4.79. The molecule has 0 bridgehead atoms. The van der Waals surface area contributed by atoms with Gasteiger partial charge in [-0.25, -0.2) is 38.2 Å². The number of pyridine rings is 8. The van der Waals surface area contributed by atoms with E-state index in [1.165, 1.54) is 40.8 Å². The van der Waals surface area contributed by atoms with E-state index >= 15 is 0 Å². The van der Waals surface area contributed by atoms with Gasteiger partial charge in [0.25, 0.3) is 0 Å². The smallest absolute Gasteiger partial charge is 0.227 e. The lowest BCUT2D eigenvalue weighted by molar-refractivity contribution is -0.660. The Morgan fingerprint density at radius 3 is 1.27 bits per heavy atom. The van der Waals surface area contributed by atoms with Crippen molar-refractivity contribution in [1.82, 2.24) is 19.9 Å². The molecule has 1 saturated carbocycles. The van der Waals surface area contributed by atoms with E-state index in [9.17, 15) is 0 Å². The second-order valence-electron chi connectivity index (χ2n) is 27.6. The standard InChI is InChI=1S/C27H31N2O.C22H23N2O.C21H21N2O.C20H19N2O/c1-17(2)20-14-15-29(4)24(16-20)25-18(3)10-11-21-22-12-13-23(19-8-6-5-7-9-19)28-27(22)30-26(21)25;1-13(2)18-10-9-17-16-8-7-15(4)20(21(16)25-22(17)23-18)19-11-6-14(3)12-24(19)5;1-5-15-8-10-17-16-9-7-14(3)19(20(16)24-21(17)22-15)18-11-6-13(2)12-23(18)4;1-12-5-10-17(22(4)11-12)18-13(2)6-8-15-16-9-7-14(3)21-20(16)23-19(15)18/h10-17,19H,5-9H2,1-4H3;6-13H,1-5H3;6-12H,5H2,1-4H3;5-11H,1-4H3/q4*+1/i1D3,8D2,9D2,17D,19D;13D;;. The molecule has 1 unspecified atom stereocenters. The molecule has 12 heterocycles. The first kappa shape index (κ1) is 57.0. The van der Waals surface area contributed by atoms with Crippen molar-refractivity contribution in [3.63, 3.8) is 0 Å². The van der Waals surface area contributed by atoms with Gasteiger partial charge in [-0.3, -0.25) is 0 Å². The van der Waals surface area contributed by atoms with Gasteiger partial charge in [-0.05, 0) is 181 Å². The van der Waals surface area contributed by atoms with Crippen molar-refractivity contribution >= 4 is 88.3 Å². The van der Waals surface area contributed by atoms with Gasteiger partial charge in [0.2, 0.25) is 45.6 Å². The van der Waals surface area contributed by atoms with Gasteiger partial charge in [-0.2, -0.15) is 0 Å². The lowest BCUT2D eigenvalue weighted by Gasteiger charge is -2.20. The van der Waals surface area contributed by atoms with Crippen molar-refractivity contribution < 1.29 is 49.6 Å². The van der Waals surface area contributed by atoms with Gasteiger partial charge in [-0.15, -0.1) is 0 Å². The third kappa shape index (κ3) is 13.0. The molecule has 12 aromatic heterocycles. The molecule has 514 valence electrons. The van der Waals surface area contributed by atoms with Crippen molar-refractivity contribution in [3.05, 3.63) is 238 Å². The number of benzene rings is 4. The van der Waals surface area contributed by atoms with Gasteiger partial charge in [-0.1, -0.05) is 102 Å². The van der Waals surface area contributed by atoms with Crippen LogP contribution in [0.1, 0.15) is 165 Å². The number of fused-ring (bicyclic) bond motifs is 12. The first-order chi connectivity index (χ1) is 52.8. The molecule has 1 aliphatic rings. The summed E-state index contributed by atoms with van der Waals surface area (Å²) < 4.78 is 117. The van der Waals surface area contributed by atoms with Gasteiger partial charge >= 0.3 is 0 Å². The highest BCUT2D eigenvalue weighted by Gasteiger charge is 2.27. The average molecular weight is 1360 g/mol. The minimum absolute atomic E-state index is 0.0165. The summed E-state index contributed by atoms with van der Waals surface area (Å²) in [5, 5.41) is 7.82. The Morgan fingerprint density at radius 1 is 0.431 bits per heavy atom. The number of furan rings is 4. The molecule has 1 aliphatic carbocycles. The summed E-state index contributed by atoms with van der Waals surface area (Å²) in [6.07, 6.45) is 5.27. The fraction of sp³-hybridized carbons (Fsp3) is 0.289. The zero-order chi connectivity index (χ0) is 80.4. The van der Waals surface area contributed by atoms with Crippen molar-refractivity contribution in [2.75, 3.05) is 0 Å². The SMILES string of the molecule is CCc1ccc2c(n1)oc1c(-c3ccc(C)c[n+]3C)c(C)ccc12.Cc1ccc(-c2c(C)ccc3c2oc2nc(C)ccc23)[n+](C)c1.[2H]C(C)(C)c1ccc2c(n1)oc1c(-c3ccc(C)c[n+]3C)c(C)ccc12.[2H]C([2H])([2H])C([2H])(C)c1cc[n+](C)c(-c2c(C)ccc3c2oc2nc(C4([2H])C([2H])([2H])CCCC4([2H])[2H])ccc23)c1. The largest absolute Gasteiger partial charge is 0.437 e. The topological polar surface area (TPSA) is 120 Å². The number of aryl methyl sites for hydroxylation is 13. The van der Waals surface area contributed by atoms with Crippen molar-refractivity contribution in [1.29, 1.82) is 0 Å². The van der Waals surface area contributed by atoms with E-state index in [-0.39, 0.29) is 24.2 Å². The van der Waals surface area contributed by atoms with Crippen LogP contribution in [-0.4, -0.2) is 19.9 Å². The highest BCUT2D eigenvalue weighted by atomic mass is 16.4. The van der Waals surface area contributed by atoms with Gasteiger partial charge in [0, 0.05) is 132 Å². The van der Waals surface area contributed by atoms with Crippen LogP contribution in [0, 0.1) is 55.4 Å². The molecule has 12 heteroatoms. The molecule has 0 spiro atoms. The summed E-state index contributed by atoms with van der Waals surface area (Å²) in [6.45, 7) is 21.2. The zero-order valence-corrected chi connectivity index (χ0v) is 61.2. The Bertz CT molecular complexity index is 6430. The Morgan fingerprint density at radius 2 is 0.833 bits per heavy atom. The lowest BCUT2D eigenvalue weighted by Crippen LogP contribution is -2.31. The first-order valence-corrected chi connectivity index (χ1v) is 35.0. The van der Waals surface area contributed by atoms with Crippen LogP contribution in [0.15, 0.2) is 188 Å². The molecule has 1 fully saturated rings. The summed E-state index contributed by atoms with van der Waals surface area (Å²) in [5.41, 5.74) is 24.7. The van der Waals surface area contributed by atoms with Crippen LogP contribution in [0.3, 0.4) is 0 Å².